The number of hydrogen-bond donors (Lipinski definition) is 2. The zero-order valence-corrected chi connectivity index (χ0v) is 22.4. The molecule has 2 aromatic carbocycles. The Labute approximate surface area is 224 Å². The topological polar surface area (TPSA) is 95.0 Å². The molecule has 0 spiro atoms. The van der Waals surface area contributed by atoms with Crippen LogP contribution in [-0.2, 0) is 22.4 Å². The largest absolute Gasteiger partial charge is 0.481 e. The van der Waals surface area contributed by atoms with Gasteiger partial charge in [0.25, 0.3) is 0 Å². The maximum atomic E-state index is 13.2. The summed E-state index contributed by atoms with van der Waals surface area (Å²) in [5.41, 5.74) is 1.87. The van der Waals surface area contributed by atoms with Gasteiger partial charge in [0.05, 0.1) is 12.0 Å². The minimum Gasteiger partial charge on any atom is -0.481 e. The smallest absolute Gasteiger partial charge is 0.410 e. The van der Waals surface area contributed by atoms with Gasteiger partial charge < -0.3 is 19.7 Å². The fourth-order valence-electron chi connectivity index (χ4n) is 5.07. The highest BCUT2D eigenvalue weighted by atomic mass is 16.6. The van der Waals surface area contributed by atoms with Crippen LogP contribution < -0.4 is 0 Å². The normalized spacial score (nSPS) is 17.6. The lowest BCUT2D eigenvalue weighted by Gasteiger charge is -2.35. The van der Waals surface area contributed by atoms with Crippen LogP contribution in [0.1, 0.15) is 44.7 Å². The molecule has 0 saturated heterocycles. The number of aromatic nitrogens is 1. The predicted molar refractivity (Wildman–Crippen MR) is 151 cm³/mol. The SMILES string of the molecule is CC(C)(C)OC(=O)N(CCc1ccccc1)CCC1(C(CC(=O)O)Cc2c[nH]c3ccccc23)C=CC=N1. The molecule has 2 heterocycles. The summed E-state index contributed by atoms with van der Waals surface area (Å²) in [7, 11) is 0. The minimum absolute atomic E-state index is 0.0301. The molecule has 0 aliphatic carbocycles. The number of carbonyl (C=O) groups excluding carboxylic acids is 1. The van der Waals surface area contributed by atoms with E-state index in [4.69, 9.17) is 9.73 Å². The number of nitrogens with zero attached hydrogens (tertiary/aromatic N) is 2. The second-order valence-corrected chi connectivity index (χ2v) is 10.9. The van der Waals surface area contributed by atoms with Gasteiger partial charge in [0.2, 0.25) is 0 Å². The molecule has 7 heteroatoms. The number of H-pyrrole nitrogens is 1. The summed E-state index contributed by atoms with van der Waals surface area (Å²) in [4.78, 5) is 35.0. The molecule has 3 aromatic rings. The van der Waals surface area contributed by atoms with Crippen LogP contribution in [0, 0.1) is 5.92 Å². The summed E-state index contributed by atoms with van der Waals surface area (Å²) < 4.78 is 5.73. The van der Waals surface area contributed by atoms with Gasteiger partial charge in [-0.05, 0) is 63.3 Å². The Morgan fingerprint density at radius 1 is 1.08 bits per heavy atom. The van der Waals surface area contributed by atoms with E-state index in [1.165, 1.54) is 0 Å². The molecule has 1 aromatic heterocycles. The second-order valence-electron chi connectivity index (χ2n) is 10.9. The third-order valence-corrected chi connectivity index (χ3v) is 7.00. The van der Waals surface area contributed by atoms with Crippen molar-refractivity contribution in [2.45, 2.75) is 57.6 Å². The van der Waals surface area contributed by atoms with Gasteiger partial charge in [-0.2, -0.15) is 0 Å². The Bertz CT molecular complexity index is 1290. The third kappa shape index (κ3) is 6.91. The van der Waals surface area contributed by atoms with Crippen LogP contribution in [0.25, 0.3) is 10.9 Å². The van der Waals surface area contributed by atoms with Crippen molar-refractivity contribution in [3.8, 4) is 0 Å². The first-order valence-electron chi connectivity index (χ1n) is 13.2. The first-order valence-corrected chi connectivity index (χ1v) is 13.2. The molecule has 0 saturated carbocycles. The molecule has 2 atom stereocenters. The molecule has 2 N–H and O–H groups in total. The summed E-state index contributed by atoms with van der Waals surface area (Å²) in [6.07, 6.45) is 8.92. The highest BCUT2D eigenvalue weighted by Gasteiger charge is 2.40. The molecular formula is C31H37N3O4. The highest BCUT2D eigenvalue weighted by molar-refractivity contribution is 5.83. The van der Waals surface area contributed by atoms with Crippen molar-refractivity contribution in [2.24, 2.45) is 10.9 Å². The number of carboxylic acids is 1. The van der Waals surface area contributed by atoms with Gasteiger partial charge in [-0.15, -0.1) is 0 Å². The Morgan fingerprint density at radius 2 is 1.82 bits per heavy atom. The molecule has 1 aliphatic heterocycles. The summed E-state index contributed by atoms with van der Waals surface area (Å²) in [6, 6.07) is 18.1. The van der Waals surface area contributed by atoms with Crippen molar-refractivity contribution in [3.05, 3.63) is 84.1 Å². The number of aromatic amines is 1. The average molecular weight is 516 g/mol. The van der Waals surface area contributed by atoms with E-state index in [1.807, 2.05) is 93.7 Å². The van der Waals surface area contributed by atoms with Crippen molar-refractivity contribution in [2.75, 3.05) is 13.1 Å². The molecule has 4 rings (SSSR count). The van der Waals surface area contributed by atoms with Crippen molar-refractivity contribution >= 4 is 29.2 Å². The number of aliphatic carboxylic acids is 1. The first-order chi connectivity index (χ1) is 18.2. The monoisotopic (exact) mass is 515 g/mol. The van der Waals surface area contributed by atoms with Gasteiger partial charge in [-0.3, -0.25) is 9.79 Å². The average Bonchev–Trinajstić information content (AvgIpc) is 3.51. The first kappa shape index (κ1) is 27.2. The maximum absolute atomic E-state index is 13.2. The number of carboxylic acid groups (broad SMARTS) is 1. The van der Waals surface area contributed by atoms with Gasteiger partial charge in [0.1, 0.15) is 5.60 Å². The summed E-state index contributed by atoms with van der Waals surface area (Å²) in [5.74, 6) is -1.15. The molecule has 7 nitrogen and oxygen atoms in total. The molecule has 0 bridgehead atoms. The van der Waals surface area contributed by atoms with Gasteiger partial charge in [-0.1, -0.05) is 54.6 Å². The highest BCUT2D eigenvalue weighted by Crippen LogP contribution is 2.37. The lowest BCUT2D eigenvalue weighted by molar-refractivity contribution is -0.138. The standard InChI is InChI=1S/C31H37N3O4/c1-30(2,3)38-29(37)34(18-14-23-10-5-4-6-11-23)19-16-31(15-9-17-33-31)25(21-28(35)36)20-24-22-32-27-13-8-7-12-26(24)27/h4-13,15,17,22,25,32H,14,16,18-21H2,1-3H3,(H,35,36). The van der Waals surface area contributed by atoms with Crippen molar-refractivity contribution < 1.29 is 19.4 Å². The lowest BCUT2D eigenvalue weighted by Crippen LogP contribution is -2.43. The fraction of sp³-hybridized carbons (Fsp3) is 0.387. The molecule has 2 unspecified atom stereocenters. The number of carbonyl (C=O) groups is 2. The summed E-state index contributed by atoms with van der Waals surface area (Å²) in [5, 5.41) is 10.9. The van der Waals surface area contributed by atoms with E-state index in [-0.39, 0.29) is 18.4 Å². The third-order valence-electron chi connectivity index (χ3n) is 7.00. The van der Waals surface area contributed by atoms with Crippen LogP contribution in [0.3, 0.4) is 0 Å². The van der Waals surface area contributed by atoms with Crippen LogP contribution in [-0.4, -0.2) is 57.5 Å². The number of benzene rings is 2. The van der Waals surface area contributed by atoms with Crippen molar-refractivity contribution in [3.63, 3.8) is 0 Å². The van der Waals surface area contributed by atoms with Gasteiger partial charge in [0.15, 0.2) is 0 Å². The fourth-order valence-corrected chi connectivity index (χ4v) is 5.07. The molecule has 38 heavy (non-hydrogen) atoms. The number of allylic oxidation sites excluding steroid dienone is 1. The van der Waals surface area contributed by atoms with E-state index in [0.717, 1.165) is 22.0 Å². The molecule has 200 valence electrons. The van der Waals surface area contributed by atoms with Crippen molar-refractivity contribution in [1.29, 1.82) is 0 Å². The summed E-state index contributed by atoms with van der Waals surface area (Å²) >= 11 is 0. The molecular weight excluding hydrogens is 478 g/mol. The number of fused-ring (bicyclic) bond motifs is 1. The van der Waals surface area contributed by atoms with Crippen LogP contribution in [0.15, 0.2) is 77.9 Å². The van der Waals surface area contributed by atoms with E-state index in [1.54, 1.807) is 11.1 Å². The van der Waals surface area contributed by atoms with Gasteiger partial charge >= 0.3 is 12.1 Å². The number of nitrogens with one attached hydrogen (secondary N) is 1. The number of hydrogen-bond acceptors (Lipinski definition) is 4. The van der Waals surface area contributed by atoms with E-state index in [0.29, 0.717) is 32.4 Å². The second kappa shape index (κ2) is 11.7. The number of amides is 1. The van der Waals surface area contributed by atoms with Crippen LogP contribution >= 0.6 is 0 Å². The minimum atomic E-state index is -0.863. The molecule has 1 aliphatic rings. The summed E-state index contributed by atoms with van der Waals surface area (Å²) in [6.45, 7) is 6.46. The van der Waals surface area contributed by atoms with Crippen LogP contribution in [0.5, 0.6) is 0 Å². The molecule has 0 radical (unpaired) electrons. The quantitative estimate of drug-likeness (QED) is 0.325. The van der Waals surface area contributed by atoms with E-state index >= 15 is 0 Å². The van der Waals surface area contributed by atoms with E-state index < -0.39 is 17.1 Å². The van der Waals surface area contributed by atoms with Gasteiger partial charge in [0, 0.05) is 42.3 Å². The Hall–Kier alpha value is -3.87. The number of ether oxygens (including phenoxy) is 1. The predicted octanol–water partition coefficient (Wildman–Crippen LogP) is 6.05. The lowest BCUT2D eigenvalue weighted by atomic mass is 9.76. The number of aliphatic imine (C=N–C) groups is 1. The molecule has 0 fully saturated rings. The Balaban J connectivity index is 1.56. The molecule has 1 amide bonds. The number of para-hydroxylation sites is 1. The van der Waals surface area contributed by atoms with E-state index in [2.05, 4.69) is 4.98 Å². The maximum Gasteiger partial charge on any atom is 0.410 e. The zero-order chi connectivity index (χ0) is 27.2. The number of rotatable bonds is 11. The zero-order valence-electron chi connectivity index (χ0n) is 22.4. The Morgan fingerprint density at radius 3 is 2.50 bits per heavy atom. The van der Waals surface area contributed by atoms with Crippen LogP contribution in [0.4, 0.5) is 4.79 Å². The van der Waals surface area contributed by atoms with Crippen LogP contribution in [0.2, 0.25) is 0 Å². The van der Waals surface area contributed by atoms with Gasteiger partial charge in [-0.25, -0.2) is 4.79 Å². The van der Waals surface area contributed by atoms with E-state index in [9.17, 15) is 14.7 Å². The van der Waals surface area contributed by atoms with Crippen molar-refractivity contribution in [1.82, 2.24) is 9.88 Å². The Kier molecular flexibility index (Phi) is 8.35.